The van der Waals surface area contributed by atoms with E-state index in [1.807, 2.05) is 6.92 Å². The molecule has 1 heterocycles. The third-order valence-electron chi connectivity index (χ3n) is 4.51. The zero-order valence-electron chi connectivity index (χ0n) is 14.1. The van der Waals surface area contributed by atoms with E-state index >= 15 is 0 Å². The van der Waals surface area contributed by atoms with Gasteiger partial charge in [0.1, 0.15) is 0 Å². The molecule has 0 unspecified atom stereocenters. The van der Waals surface area contributed by atoms with Crippen molar-refractivity contribution < 1.29 is 8.42 Å². The number of aliphatic imine (C=N–C) groups is 1. The monoisotopic (exact) mass is 327 g/mol. The summed E-state index contributed by atoms with van der Waals surface area (Å²) in [6, 6.07) is 0. The fourth-order valence-corrected chi connectivity index (χ4v) is 4.39. The molecule has 1 fully saturated rings. The molecular formula is C16H29N3O2S. The number of allylic oxidation sites excluding steroid dienone is 1. The molecule has 0 spiro atoms. The summed E-state index contributed by atoms with van der Waals surface area (Å²) in [6.45, 7) is 8.26. The molecule has 5 nitrogen and oxygen atoms in total. The van der Waals surface area contributed by atoms with Crippen molar-refractivity contribution in [1.29, 1.82) is 0 Å². The van der Waals surface area contributed by atoms with Crippen molar-refractivity contribution in [3.05, 3.63) is 11.6 Å². The minimum Gasteiger partial charge on any atom is -0.357 e. The van der Waals surface area contributed by atoms with Gasteiger partial charge in [0.05, 0.1) is 10.5 Å². The number of hydrogen-bond donors (Lipinski definition) is 1. The number of hydrogen-bond acceptors (Lipinski definition) is 3. The second kappa shape index (κ2) is 7.02. The van der Waals surface area contributed by atoms with Crippen LogP contribution < -0.4 is 5.32 Å². The fourth-order valence-electron chi connectivity index (χ4n) is 3.02. The van der Waals surface area contributed by atoms with Crippen LogP contribution in [0.25, 0.3) is 0 Å². The molecular weight excluding hydrogens is 298 g/mol. The van der Waals surface area contributed by atoms with Crippen LogP contribution in [0.1, 0.15) is 46.5 Å². The SMILES string of the molecule is CCNC(=NCCC1=CCCC1)N1CCS(=O)(=O)C(C)(C)C1. The normalized spacial score (nSPS) is 24.2. The lowest BCUT2D eigenvalue weighted by Crippen LogP contribution is -2.57. The maximum atomic E-state index is 12.1. The fraction of sp³-hybridized carbons (Fsp3) is 0.812. The van der Waals surface area contributed by atoms with Crippen molar-refractivity contribution in [1.82, 2.24) is 10.2 Å². The summed E-state index contributed by atoms with van der Waals surface area (Å²) in [6.07, 6.45) is 7.04. The first-order valence-electron chi connectivity index (χ1n) is 8.29. The number of nitrogens with zero attached hydrogens (tertiary/aromatic N) is 2. The van der Waals surface area contributed by atoms with Crippen LogP contribution in [-0.2, 0) is 9.84 Å². The predicted octanol–water partition coefficient (Wildman–Crippen LogP) is 1.96. The van der Waals surface area contributed by atoms with Crippen LogP contribution in [0.3, 0.4) is 0 Å². The Morgan fingerprint density at radius 1 is 1.45 bits per heavy atom. The minimum atomic E-state index is -3.01. The maximum Gasteiger partial charge on any atom is 0.194 e. The predicted molar refractivity (Wildman–Crippen MR) is 92.0 cm³/mol. The van der Waals surface area contributed by atoms with Gasteiger partial charge in [0.25, 0.3) is 0 Å². The molecule has 1 aliphatic carbocycles. The average molecular weight is 327 g/mol. The van der Waals surface area contributed by atoms with Crippen LogP contribution in [-0.4, -0.2) is 56.0 Å². The Morgan fingerprint density at radius 2 is 2.23 bits per heavy atom. The van der Waals surface area contributed by atoms with E-state index in [1.165, 1.54) is 24.8 Å². The molecule has 0 saturated carbocycles. The van der Waals surface area contributed by atoms with Gasteiger partial charge in [0, 0.05) is 26.2 Å². The summed E-state index contributed by atoms with van der Waals surface area (Å²) in [5.74, 6) is 1.05. The van der Waals surface area contributed by atoms with E-state index in [2.05, 4.69) is 16.3 Å². The summed E-state index contributed by atoms with van der Waals surface area (Å²) >= 11 is 0. The van der Waals surface area contributed by atoms with Crippen LogP contribution in [0.15, 0.2) is 16.6 Å². The molecule has 1 N–H and O–H groups in total. The maximum absolute atomic E-state index is 12.1. The van der Waals surface area contributed by atoms with Crippen molar-refractivity contribution in [3.63, 3.8) is 0 Å². The van der Waals surface area contributed by atoms with Gasteiger partial charge >= 0.3 is 0 Å². The highest BCUT2D eigenvalue weighted by Gasteiger charge is 2.40. The van der Waals surface area contributed by atoms with Crippen molar-refractivity contribution in [2.75, 3.05) is 31.9 Å². The first-order valence-corrected chi connectivity index (χ1v) is 9.94. The summed E-state index contributed by atoms with van der Waals surface area (Å²) in [5.41, 5.74) is 1.51. The number of nitrogens with one attached hydrogen (secondary N) is 1. The summed E-state index contributed by atoms with van der Waals surface area (Å²) < 4.78 is 23.5. The van der Waals surface area contributed by atoms with Crippen LogP contribution >= 0.6 is 0 Å². The average Bonchev–Trinajstić information content (AvgIpc) is 2.94. The van der Waals surface area contributed by atoms with Gasteiger partial charge in [-0.3, -0.25) is 4.99 Å². The number of rotatable bonds is 4. The zero-order valence-corrected chi connectivity index (χ0v) is 14.9. The molecule has 0 amide bonds. The molecule has 0 aromatic heterocycles. The Hall–Kier alpha value is -1.04. The molecule has 2 aliphatic rings. The third kappa shape index (κ3) is 4.03. The third-order valence-corrected chi connectivity index (χ3v) is 7.04. The van der Waals surface area contributed by atoms with E-state index in [1.54, 1.807) is 13.8 Å². The standard InChI is InChI=1S/C16H29N3O2S/c1-4-17-15(18-10-9-14-7-5-6-8-14)19-11-12-22(20,21)16(2,3)13-19/h7H,4-6,8-13H2,1-3H3,(H,17,18). The second-order valence-corrected chi connectivity index (χ2v) is 9.48. The van der Waals surface area contributed by atoms with Gasteiger partial charge in [-0.25, -0.2) is 8.42 Å². The Balaban J connectivity index is 2.01. The minimum absolute atomic E-state index is 0.204. The molecule has 0 bridgehead atoms. The van der Waals surface area contributed by atoms with Crippen LogP contribution in [0.2, 0.25) is 0 Å². The smallest absolute Gasteiger partial charge is 0.194 e. The molecule has 6 heteroatoms. The zero-order chi connectivity index (χ0) is 16.2. The van der Waals surface area contributed by atoms with Crippen LogP contribution in [0, 0.1) is 0 Å². The van der Waals surface area contributed by atoms with Crippen molar-refractivity contribution in [2.24, 2.45) is 4.99 Å². The molecule has 126 valence electrons. The van der Waals surface area contributed by atoms with Gasteiger partial charge in [-0.05, 0) is 46.5 Å². The highest BCUT2D eigenvalue weighted by molar-refractivity contribution is 7.92. The van der Waals surface area contributed by atoms with Gasteiger partial charge in [-0.2, -0.15) is 0 Å². The Morgan fingerprint density at radius 3 is 2.82 bits per heavy atom. The van der Waals surface area contributed by atoms with E-state index in [0.29, 0.717) is 13.1 Å². The second-order valence-electron chi connectivity index (χ2n) is 6.74. The molecule has 22 heavy (non-hydrogen) atoms. The van der Waals surface area contributed by atoms with Gasteiger partial charge in [-0.1, -0.05) is 11.6 Å². The van der Waals surface area contributed by atoms with Crippen LogP contribution in [0.4, 0.5) is 0 Å². The molecule has 0 aromatic rings. The van der Waals surface area contributed by atoms with E-state index in [4.69, 9.17) is 4.99 Å². The first-order chi connectivity index (χ1) is 10.4. The molecule has 1 aliphatic heterocycles. The highest BCUT2D eigenvalue weighted by atomic mass is 32.2. The summed E-state index contributed by atoms with van der Waals surface area (Å²) in [7, 11) is -3.01. The van der Waals surface area contributed by atoms with E-state index in [-0.39, 0.29) is 5.75 Å². The lowest BCUT2D eigenvalue weighted by atomic mass is 10.2. The topological polar surface area (TPSA) is 61.8 Å². The van der Waals surface area contributed by atoms with E-state index < -0.39 is 14.6 Å². The lowest BCUT2D eigenvalue weighted by molar-refractivity contribution is 0.353. The lowest BCUT2D eigenvalue weighted by Gasteiger charge is -2.39. The van der Waals surface area contributed by atoms with Gasteiger partial charge < -0.3 is 10.2 Å². The summed E-state index contributed by atoms with van der Waals surface area (Å²) in [5, 5.41) is 3.30. The Kier molecular flexibility index (Phi) is 5.53. The van der Waals surface area contributed by atoms with Crippen LogP contribution in [0.5, 0.6) is 0 Å². The molecule has 0 aromatic carbocycles. The van der Waals surface area contributed by atoms with Crippen molar-refractivity contribution >= 4 is 15.8 Å². The Bertz CT molecular complexity index is 550. The largest absolute Gasteiger partial charge is 0.357 e. The van der Waals surface area contributed by atoms with Gasteiger partial charge in [0.2, 0.25) is 0 Å². The molecule has 0 atom stereocenters. The molecule has 1 saturated heterocycles. The van der Waals surface area contributed by atoms with Crippen molar-refractivity contribution in [2.45, 2.75) is 51.2 Å². The quantitative estimate of drug-likeness (QED) is 0.487. The molecule has 2 rings (SSSR count). The Labute approximate surface area is 134 Å². The van der Waals surface area contributed by atoms with E-state index in [9.17, 15) is 8.42 Å². The van der Waals surface area contributed by atoms with E-state index in [0.717, 1.165) is 25.5 Å². The highest BCUT2D eigenvalue weighted by Crippen LogP contribution is 2.24. The van der Waals surface area contributed by atoms with Gasteiger partial charge in [-0.15, -0.1) is 0 Å². The first kappa shape index (κ1) is 17.3. The van der Waals surface area contributed by atoms with Crippen molar-refractivity contribution in [3.8, 4) is 0 Å². The number of sulfone groups is 1. The summed E-state index contributed by atoms with van der Waals surface area (Å²) in [4.78, 5) is 6.80. The molecule has 0 radical (unpaired) electrons. The number of guanidine groups is 1. The van der Waals surface area contributed by atoms with Gasteiger partial charge in [0.15, 0.2) is 15.8 Å².